The van der Waals surface area contributed by atoms with Crippen LogP contribution >= 0.6 is 0 Å². The van der Waals surface area contributed by atoms with Gasteiger partial charge in [0.05, 0.1) is 5.69 Å². The topological polar surface area (TPSA) is 53.1 Å². The van der Waals surface area contributed by atoms with E-state index in [1.54, 1.807) is 4.68 Å². The maximum Gasteiger partial charge on any atom is 0.241 e. The summed E-state index contributed by atoms with van der Waals surface area (Å²) in [6, 6.07) is 6.09. The first-order valence-corrected chi connectivity index (χ1v) is 6.59. The molecule has 2 N–H and O–H groups in total. The van der Waals surface area contributed by atoms with Crippen molar-refractivity contribution in [2.45, 2.75) is 33.6 Å². The van der Waals surface area contributed by atoms with E-state index >= 15 is 0 Å². The molecule has 0 saturated heterocycles. The number of benzene rings is 1. The third-order valence-electron chi connectivity index (χ3n) is 3.13. The summed E-state index contributed by atoms with van der Waals surface area (Å²) in [4.78, 5) is 0. The van der Waals surface area contributed by atoms with Crippen LogP contribution in [0.15, 0.2) is 18.2 Å². The van der Waals surface area contributed by atoms with E-state index in [2.05, 4.69) is 25.0 Å². The molecule has 0 aliphatic carbocycles. The van der Waals surface area contributed by atoms with Gasteiger partial charge in [-0.15, -0.1) is 0 Å². The molecule has 0 atom stereocenters. The Morgan fingerprint density at radius 2 is 2.05 bits per heavy atom. The van der Waals surface area contributed by atoms with Crippen LogP contribution in [0, 0.1) is 13.8 Å². The highest BCUT2D eigenvalue weighted by Gasteiger charge is 2.15. The molecule has 0 aliphatic rings. The van der Waals surface area contributed by atoms with E-state index in [9.17, 15) is 0 Å². The van der Waals surface area contributed by atoms with Crippen LogP contribution in [0.5, 0.6) is 11.6 Å². The number of anilines is 1. The Morgan fingerprint density at radius 3 is 2.68 bits per heavy atom. The summed E-state index contributed by atoms with van der Waals surface area (Å²) in [5.41, 5.74) is 9.97. The maximum absolute atomic E-state index is 6.11. The van der Waals surface area contributed by atoms with Gasteiger partial charge in [-0.2, -0.15) is 5.10 Å². The summed E-state index contributed by atoms with van der Waals surface area (Å²) >= 11 is 0. The molecule has 1 aromatic carbocycles. The average Bonchev–Trinajstić information content (AvgIpc) is 2.60. The zero-order valence-corrected chi connectivity index (χ0v) is 12.0. The van der Waals surface area contributed by atoms with Crippen LogP contribution in [-0.2, 0) is 13.5 Å². The summed E-state index contributed by atoms with van der Waals surface area (Å²) in [6.45, 7) is 6.20. The molecule has 0 radical (unpaired) electrons. The fraction of sp³-hybridized carbons (Fsp3) is 0.400. The lowest BCUT2D eigenvalue weighted by atomic mass is 10.1. The molecule has 0 aliphatic heterocycles. The number of nitrogen functional groups attached to an aromatic ring is 1. The molecule has 19 heavy (non-hydrogen) atoms. The predicted molar refractivity (Wildman–Crippen MR) is 77.6 cm³/mol. The Bertz CT molecular complexity index is 587. The van der Waals surface area contributed by atoms with E-state index in [-0.39, 0.29) is 0 Å². The van der Waals surface area contributed by atoms with Crippen LogP contribution in [0.1, 0.15) is 30.2 Å². The first-order chi connectivity index (χ1) is 9.02. The maximum atomic E-state index is 6.11. The van der Waals surface area contributed by atoms with Gasteiger partial charge in [-0.3, -0.25) is 0 Å². The van der Waals surface area contributed by atoms with Gasteiger partial charge in [0.25, 0.3) is 0 Å². The van der Waals surface area contributed by atoms with E-state index < -0.39 is 0 Å². The quantitative estimate of drug-likeness (QED) is 0.916. The number of ether oxygens (including phenoxy) is 1. The monoisotopic (exact) mass is 259 g/mol. The molecule has 1 heterocycles. The lowest BCUT2D eigenvalue weighted by molar-refractivity contribution is 0.429. The molecule has 1 aromatic heterocycles. The molecule has 0 amide bonds. The number of hydrogen-bond acceptors (Lipinski definition) is 3. The van der Waals surface area contributed by atoms with Gasteiger partial charge in [0.15, 0.2) is 0 Å². The van der Waals surface area contributed by atoms with Crippen LogP contribution in [0.25, 0.3) is 0 Å². The van der Waals surface area contributed by atoms with E-state index in [1.807, 2.05) is 26.1 Å². The third kappa shape index (κ3) is 2.72. The number of rotatable bonds is 4. The number of hydrogen-bond donors (Lipinski definition) is 1. The summed E-state index contributed by atoms with van der Waals surface area (Å²) in [6.07, 6.45) is 1.89. The molecule has 0 bridgehead atoms. The van der Waals surface area contributed by atoms with Crippen molar-refractivity contribution >= 4 is 5.69 Å². The van der Waals surface area contributed by atoms with E-state index in [1.165, 1.54) is 5.56 Å². The standard InChI is InChI=1S/C15H21N3O/c1-5-6-12-14(16)15(18(4)17-12)19-13-8-7-10(2)9-11(13)3/h7-9H,5-6,16H2,1-4H3. The second-order valence-electron chi connectivity index (χ2n) is 4.91. The molecular weight excluding hydrogens is 238 g/mol. The van der Waals surface area contributed by atoms with Crippen molar-refractivity contribution in [1.29, 1.82) is 0 Å². The summed E-state index contributed by atoms with van der Waals surface area (Å²) in [5, 5.41) is 4.41. The summed E-state index contributed by atoms with van der Waals surface area (Å²) in [7, 11) is 1.86. The number of aromatic nitrogens is 2. The van der Waals surface area contributed by atoms with Gasteiger partial charge in [0.2, 0.25) is 5.88 Å². The summed E-state index contributed by atoms with van der Waals surface area (Å²) in [5.74, 6) is 1.44. The van der Waals surface area contributed by atoms with Gasteiger partial charge in [0.1, 0.15) is 11.4 Å². The highest BCUT2D eigenvalue weighted by atomic mass is 16.5. The molecule has 4 heteroatoms. The predicted octanol–water partition coefficient (Wildman–Crippen LogP) is 3.36. The molecule has 2 aromatic rings. The van der Waals surface area contributed by atoms with Crippen LogP contribution in [0.2, 0.25) is 0 Å². The largest absolute Gasteiger partial charge is 0.437 e. The first kappa shape index (κ1) is 13.5. The van der Waals surface area contributed by atoms with Gasteiger partial charge in [-0.05, 0) is 31.9 Å². The Hall–Kier alpha value is -1.97. The fourth-order valence-corrected chi connectivity index (χ4v) is 2.14. The van der Waals surface area contributed by atoms with E-state index in [0.29, 0.717) is 11.6 Å². The van der Waals surface area contributed by atoms with Crippen LogP contribution < -0.4 is 10.5 Å². The molecule has 0 spiro atoms. The smallest absolute Gasteiger partial charge is 0.241 e. The van der Waals surface area contributed by atoms with Crippen molar-refractivity contribution in [1.82, 2.24) is 9.78 Å². The normalized spacial score (nSPS) is 10.7. The van der Waals surface area contributed by atoms with Crippen LogP contribution in [-0.4, -0.2) is 9.78 Å². The lowest BCUT2D eigenvalue weighted by Crippen LogP contribution is -1.98. The Kier molecular flexibility index (Phi) is 3.79. The Balaban J connectivity index is 2.33. The minimum atomic E-state index is 0.621. The van der Waals surface area contributed by atoms with Crippen molar-refractivity contribution in [2.24, 2.45) is 7.05 Å². The molecule has 102 valence electrons. The SMILES string of the molecule is CCCc1nn(C)c(Oc2ccc(C)cc2C)c1N. The number of nitrogens with zero attached hydrogens (tertiary/aromatic N) is 2. The van der Waals surface area contributed by atoms with Gasteiger partial charge in [-0.25, -0.2) is 4.68 Å². The zero-order chi connectivity index (χ0) is 14.0. The van der Waals surface area contributed by atoms with Gasteiger partial charge < -0.3 is 10.5 Å². The fourth-order valence-electron chi connectivity index (χ4n) is 2.14. The summed E-state index contributed by atoms with van der Waals surface area (Å²) < 4.78 is 7.64. The molecular formula is C15H21N3O. The van der Waals surface area contributed by atoms with Gasteiger partial charge in [-0.1, -0.05) is 31.0 Å². The van der Waals surface area contributed by atoms with Crippen LogP contribution in [0.3, 0.4) is 0 Å². The molecule has 0 unspecified atom stereocenters. The van der Waals surface area contributed by atoms with Crippen LogP contribution in [0.4, 0.5) is 5.69 Å². The van der Waals surface area contributed by atoms with Gasteiger partial charge >= 0.3 is 0 Å². The van der Waals surface area contributed by atoms with Crippen molar-refractivity contribution in [2.75, 3.05) is 5.73 Å². The molecule has 4 nitrogen and oxygen atoms in total. The van der Waals surface area contributed by atoms with Crippen molar-refractivity contribution in [3.8, 4) is 11.6 Å². The van der Waals surface area contributed by atoms with Crippen molar-refractivity contribution in [3.63, 3.8) is 0 Å². The average molecular weight is 259 g/mol. The minimum Gasteiger partial charge on any atom is -0.437 e. The third-order valence-corrected chi connectivity index (χ3v) is 3.13. The highest BCUT2D eigenvalue weighted by molar-refractivity contribution is 5.55. The number of aryl methyl sites for hydroxylation is 4. The minimum absolute atomic E-state index is 0.621. The van der Waals surface area contributed by atoms with Crippen molar-refractivity contribution in [3.05, 3.63) is 35.0 Å². The lowest BCUT2D eigenvalue weighted by Gasteiger charge is -2.10. The molecule has 0 saturated carbocycles. The van der Waals surface area contributed by atoms with Gasteiger partial charge in [0, 0.05) is 7.05 Å². The number of nitrogens with two attached hydrogens (primary N) is 1. The van der Waals surface area contributed by atoms with Crippen molar-refractivity contribution < 1.29 is 4.74 Å². The van der Waals surface area contributed by atoms with E-state index in [0.717, 1.165) is 29.8 Å². The highest BCUT2D eigenvalue weighted by Crippen LogP contribution is 2.32. The second kappa shape index (κ2) is 5.34. The molecule has 2 rings (SSSR count). The Labute approximate surface area is 114 Å². The van der Waals surface area contributed by atoms with E-state index in [4.69, 9.17) is 10.5 Å². The first-order valence-electron chi connectivity index (χ1n) is 6.59. The Morgan fingerprint density at radius 1 is 1.32 bits per heavy atom. The zero-order valence-electron chi connectivity index (χ0n) is 12.0. The second-order valence-corrected chi connectivity index (χ2v) is 4.91. The molecule has 0 fully saturated rings.